The Bertz CT molecular complexity index is 1410. The van der Waals surface area contributed by atoms with Crippen molar-refractivity contribution in [3.05, 3.63) is 58.6 Å². The fraction of sp³-hybridized carbons (Fsp3) is 0.227. The minimum atomic E-state index is -0.781. The number of anilines is 1. The van der Waals surface area contributed by atoms with E-state index in [1.54, 1.807) is 49.9 Å². The third-order valence-corrected chi connectivity index (χ3v) is 4.83. The van der Waals surface area contributed by atoms with Crippen LogP contribution in [0.4, 0.5) is 5.82 Å². The standard InChI is InChI=1S/C22H19N5O6/c1-4-30-22(29)16-12(3)32-19-17(16)18(24)25-14(26-19)10-31-21(28)15-11(2)33-20(13(15)9-23)27-7-5-6-8-27/h5-8H,4,10H2,1-3H3,(H2,24,25,26). The first-order valence-electron chi connectivity index (χ1n) is 9.92. The highest BCUT2D eigenvalue weighted by molar-refractivity contribution is 6.07. The molecule has 0 amide bonds. The molecule has 0 fully saturated rings. The molecule has 0 atom stereocenters. The van der Waals surface area contributed by atoms with Crippen LogP contribution in [-0.2, 0) is 16.1 Å². The van der Waals surface area contributed by atoms with Gasteiger partial charge in [0.05, 0.1) is 12.0 Å². The molecule has 0 unspecified atom stereocenters. The zero-order chi connectivity index (χ0) is 23.7. The fourth-order valence-electron chi connectivity index (χ4n) is 3.43. The first-order chi connectivity index (χ1) is 15.8. The van der Waals surface area contributed by atoms with Crippen LogP contribution >= 0.6 is 0 Å². The topological polar surface area (TPSA) is 159 Å². The number of rotatable bonds is 6. The second-order valence-electron chi connectivity index (χ2n) is 6.95. The van der Waals surface area contributed by atoms with Crippen molar-refractivity contribution in [2.45, 2.75) is 27.4 Å². The Balaban J connectivity index is 1.60. The molecule has 11 nitrogen and oxygen atoms in total. The number of ether oxygens (including phenoxy) is 2. The van der Waals surface area contributed by atoms with Crippen LogP contribution in [0.2, 0.25) is 0 Å². The van der Waals surface area contributed by atoms with Crippen LogP contribution in [0.1, 0.15) is 50.5 Å². The molecule has 0 aliphatic heterocycles. The summed E-state index contributed by atoms with van der Waals surface area (Å²) in [6, 6.07) is 5.52. The number of hydrogen-bond donors (Lipinski definition) is 1. The van der Waals surface area contributed by atoms with Crippen molar-refractivity contribution in [2.24, 2.45) is 0 Å². The van der Waals surface area contributed by atoms with E-state index in [2.05, 4.69) is 9.97 Å². The highest BCUT2D eigenvalue weighted by Crippen LogP contribution is 2.30. The number of fused-ring (bicyclic) bond motifs is 1. The molecule has 0 aliphatic carbocycles. The van der Waals surface area contributed by atoms with E-state index in [0.717, 1.165) is 0 Å². The number of nitrogens with two attached hydrogens (primary N) is 1. The van der Waals surface area contributed by atoms with Gasteiger partial charge in [-0.3, -0.25) is 4.57 Å². The molecular weight excluding hydrogens is 430 g/mol. The SMILES string of the molecule is CCOC(=O)c1c(C)oc2nc(COC(=O)c3c(C)oc(-n4cccc4)c3C#N)nc(N)c12. The molecular formula is C22H19N5O6. The van der Waals surface area contributed by atoms with Crippen molar-refractivity contribution in [2.75, 3.05) is 12.3 Å². The van der Waals surface area contributed by atoms with Gasteiger partial charge in [-0.1, -0.05) is 0 Å². The first kappa shape index (κ1) is 21.6. The summed E-state index contributed by atoms with van der Waals surface area (Å²) in [6.45, 7) is 4.67. The van der Waals surface area contributed by atoms with Crippen LogP contribution < -0.4 is 5.73 Å². The van der Waals surface area contributed by atoms with Gasteiger partial charge in [0.2, 0.25) is 11.6 Å². The molecule has 4 aromatic rings. The summed E-state index contributed by atoms with van der Waals surface area (Å²) in [5.41, 5.74) is 6.31. The van der Waals surface area contributed by atoms with Crippen LogP contribution in [0.25, 0.3) is 17.0 Å². The van der Waals surface area contributed by atoms with E-state index >= 15 is 0 Å². The maximum Gasteiger partial charge on any atom is 0.343 e. The second-order valence-corrected chi connectivity index (χ2v) is 6.95. The number of aromatic nitrogens is 3. The Kier molecular flexibility index (Phi) is 5.58. The molecule has 33 heavy (non-hydrogen) atoms. The van der Waals surface area contributed by atoms with E-state index in [0.29, 0.717) is 0 Å². The number of carbonyl (C=O) groups is 2. The molecule has 0 saturated carbocycles. The summed E-state index contributed by atoms with van der Waals surface area (Å²) in [5.74, 6) is -0.606. The number of furan rings is 2. The zero-order valence-corrected chi connectivity index (χ0v) is 18.0. The summed E-state index contributed by atoms with van der Waals surface area (Å²) in [7, 11) is 0. The Morgan fingerprint density at radius 1 is 1.09 bits per heavy atom. The highest BCUT2D eigenvalue weighted by Gasteiger charge is 2.27. The molecule has 0 saturated heterocycles. The highest BCUT2D eigenvalue weighted by atomic mass is 16.5. The lowest BCUT2D eigenvalue weighted by molar-refractivity contribution is 0.0459. The van der Waals surface area contributed by atoms with Gasteiger partial charge in [-0.25, -0.2) is 14.6 Å². The molecule has 0 radical (unpaired) electrons. The molecule has 168 valence electrons. The third-order valence-electron chi connectivity index (χ3n) is 4.83. The van der Waals surface area contributed by atoms with Gasteiger partial charge in [-0.2, -0.15) is 10.2 Å². The molecule has 0 bridgehead atoms. The van der Waals surface area contributed by atoms with Crippen LogP contribution in [0.3, 0.4) is 0 Å². The van der Waals surface area contributed by atoms with E-state index in [9.17, 15) is 14.9 Å². The molecule has 2 N–H and O–H groups in total. The van der Waals surface area contributed by atoms with E-state index in [1.807, 2.05) is 6.07 Å². The van der Waals surface area contributed by atoms with Gasteiger partial charge < -0.3 is 24.0 Å². The lowest BCUT2D eigenvalue weighted by atomic mass is 10.1. The van der Waals surface area contributed by atoms with Gasteiger partial charge >= 0.3 is 11.9 Å². The molecule has 11 heteroatoms. The maximum absolute atomic E-state index is 12.8. The average molecular weight is 449 g/mol. The minimum Gasteiger partial charge on any atom is -0.462 e. The van der Waals surface area contributed by atoms with Crippen molar-refractivity contribution in [3.8, 4) is 12.0 Å². The normalized spacial score (nSPS) is 10.8. The molecule has 4 rings (SSSR count). The van der Waals surface area contributed by atoms with Crippen LogP contribution in [0.5, 0.6) is 0 Å². The van der Waals surface area contributed by atoms with E-state index in [4.69, 9.17) is 24.0 Å². The van der Waals surface area contributed by atoms with Crippen molar-refractivity contribution in [3.63, 3.8) is 0 Å². The molecule has 0 spiro atoms. The Labute approximate surface area is 187 Å². The quantitative estimate of drug-likeness (QED) is 0.433. The molecule has 4 aromatic heterocycles. The number of carbonyl (C=O) groups excluding carboxylic acids is 2. The van der Waals surface area contributed by atoms with Gasteiger partial charge in [0, 0.05) is 12.4 Å². The van der Waals surface area contributed by atoms with Crippen molar-refractivity contribution < 1.29 is 27.9 Å². The second kappa shape index (κ2) is 8.51. The van der Waals surface area contributed by atoms with Gasteiger partial charge in [-0.05, 0) is 32.9 Å². The Morgan fingerprint density at radius 3 is 2.42 bits per heavy atom. The number of aryl methyl sites for hydroxylation is 2. The predicted molar refractivity (Wildman–Crippen MR) is 114 cm³/mol. The fourth-order valence-corrected chi connectivity index (χ4v) is 3.43. The van der Waals surface area contributed by atoms with Crippen molar-refractivity contribution in [1.82, 2.24) is 14.5 Å². The Hall–Kier alpha value is -4.59. The van der Waals surface area contributed by atoms with Crippen molar-refractivity contribution >= 4 is 28.9 Å². The third kappa shape index (κ3) is 3.78. The summed E-state index contributed by atoms with van der Waals surface area (Å²) >= 11 is 0. The summed E-state index contributed by atoms with van der Waals surface area (Å²) in [4.78, 5) is 33.3. The minimum absolute atomic E-state index is 0.00805. The summed E-state index contributed by atoms with van der Waals surface area (Å²) < 4.78 is 23.1. The van der Waals surface area contributed by atoms with E-state index in [-0.39, 0.29) is 70.1 Å². The van der Waals surface area contributed by atoms with Gasteiger partial charge in [0.1, 0.15) is 40.1 Å². The number of nitrogen functional groups attached to an aromatic ring is 1. The molecule has 0 aromatic carbocycles. The smallest absolute Gasteiger partial charge is 0.343 e. The monoisotopic (exact) mass is 449 g/mol. The summed E-state index contributed by atoms with van der Waals surface area (Å²) in [5, 5.41) is 9.82. The number of esters is 2. The average Bonchev–Trinajstić information content (AvgIpc) is 3.48. The summed E-state index contributed by atoms with van der Waals surface area (Å²) in [6.07, 6.45) is 3.38. The number of nitriles is 1. The van der Waals surface area contributed by atoms with Crippen LogP contribution in [0.15, 0.2) is 33.4 Å². The predicted octanol–water partition coefficient (Wildman–Crippen LogP) is 3.21. The van der Waals surface area contributed by atoms with E-state index in [1.165, 1.54) is 0 Å². The van der Waals surface area contributed by atoms with Crippen molar-refractivity contribution in [1.29, 1.82) is 5.26 Å². The lowest BCUT2D eigenvalue weighted by Gasteiger charge is -2.05. The molecule has 4 heterocycles. The van der Waals surface area contributed by atoms with Gasteiger partial charge in [0.25, 0.3) is 0 Å². The number of nitrogens with zero attached hydrogens (tertiary/aromatic N) is 4. The first-order valence-corrected chi connectivity index (χ1v) is 9.92. The largest absolute Gasteiger partial charge is 0.462 e. The van der Waals surface area contributed by atoms with E-state index < -0.39 is 11.9 Å². The van der Waals surface area contributed by atoms with Crippen LogP contribution in [0, 0.1) is 25.2 Å². The van der Waals surface area contributed by atoms with Gasteiger partial charge in [0.15, 0.2) is 12.4 Å². The zero-order valence-electron chi connectivity index (χ0n) is 18.0. The molecule has 0 aliphatic rings. The van der Waals surface area contributed by atoms with Gasteiger partial charge in [-0.15, -0.1) is 0 Å². The maximum atomic E-state index is 12.8. The Morgan fingerprint density at radius 2 is 1.76 bits per heavy atom. The number of hydrogen-bond acceptors (Lipinski definition) is 10. The van der Waals surface area contributed by atoms with Crippen LogP contribution in [-0.4, -0.2) is 33.1 Å². The lowest BCUT2D eigenvalue weighted by Crippen LogP contribution is -2.11.